The summed E-state index contributed by atoms with van der Waals surface area (Å²) < 4.78 is 5.19. The second-order valence-electron chi connectivity index (χ2n) is 8.48. The smallest absolute Gasteiger partial charge is 0.312 e. The molecule has 0 spiro atoms. The maximum Gasteiger partial charge on any atom is 0.312 e. The number of unbranched alkanes of at least 4 members (excludes halogenated alkanes) is 14. The molecule has 172 valence electrons. The highest BCUT2D eigenvalue weighted by molar-refractivity contribution is 5.73. The van der Waals surface area contributed by atoms with Crippen molar-refractivity contribution in [2.45, 2.75) is 116 Å². The highest BCUT2D eigenvalue weighted by atomic mass is 16.5. The van der Waals surface area contributed by atoms with Gasteiger partial charge in [0.1, 0.15) is 0 Å². The van der Waals surface area contributed by atoms with Gasteiger partial charge in [0, 0.05) is 6.54 Å². The van der Waals surface area contributed by atoms with Crippen molar-refractivity contribution in [3.05, 3.63) is 23.8 Å². The molecule has 0 aromatic heterocycles. The van der Waals surface area contributed by atoms with Gasteiger partial charge < -0.3 is 15.6 Å². The van der Waals surface area contributed by atoms with E-state index in [2.05, 4.69) is 6.92 Å². The van der Waals surface area contributed by atoms with Crippen LogP contribution in [0, 0.1) is 0 Å². The van der Waals surface area contributed by atoms with Gasteiger partial charge in [-0.15, -0.1) is 0 Å². The van der Waals surface area contributed by atoms with Crippen LogP contribution in [0.25, 0.3) is 0 Å². The van der Waals surface area contributed by atoms with E-state index in [0.29, 0.717) is 0 Å². The van der Waals surface area contributed by atoms with Gasteiger partial charge in [-0.2, -0.15) is 0 Å². The van der Waals surface area contributed by atoms with Gasteiger partial charge in [-0.1, -0.05) is 109 Å². The summed E-state index contributed by atoms with van der Waals surface area (Å²) in [6.07, 6.45) is 21.1. The van der Waals surface area contributed by atoms with Crippen LogP contribution in [0.5, 0.6) is 11.5 Å². The minimum Gasteiger partial charge on any atom is -0.504 e. The van der Waals surface area contributed by atoms with Crippen molar-refractivity contribution in [1.29, 1.82) is 0 Å². The lowest BCUT2D eigenvalue weighted by Gasteiger charge is -2.10. The van der Waals surface area contributed by atoms with Crippen molar-refractivity contribution in [3.8, 4) is 11.5 Å². The van der Waals surface area contributed by atoms with E-state index in [-0.39, 0.29) is 24.5 Å². The number of rotatable bonds is 19. The number of carbonyl (C=O) groups excluding carboxylic acids is 1. The average Bonchev–Trinajstić information content (AvgIpc) is 2.73. The molecule has 0 atom stereocenters. The molecular formula is C26H45NO3. The topological polar surface area (TPSA) is 72.5 Å². The number of aryl methyl sites for hydroxylation is 1. The van der Waals surface area contributed by atoms with Crippen LogP contribution in [-0.2, 0) is 11.2 Å². The first-order valence-corrected chi connectivity index (χ1v) is 12.4. The van der Waals surface area contributed by atoms with Gasteiger partial charge in [-0.25, -0.2) is 0 Å². The summed E-state index contributed by atoms with van der Waals surface area (Å²) in [4.78, 5) is 11.6. The molecule has 0 fully saturated rings. The van der Waals surface area contributed by atoms with Crippen LogP contribution in [0.1, 0.15) is 115 Å². The number of hydrogen-bond acceptors (Lipinski definition) is 4. The molecule has 0 aliphatic heterocycles. The lowest BCUT2D eigenvalue weighted by molar-refractivity contribution is -0.134. The monoisotopic (exact) mass is 419 g/mol. The Morgan fingerprint density at radius 1 is 0.833 bits per heavy atom. The maximum atomic E-state index is 11.6. The lowest BCUT2D eigenvalue weighted by Crippen LogP contribution is -2.13. The standard InChI is InChI=1S/C26H45NO3/c1-2-3-4-5-6-7-8-9-10-11-12-13-14-15-16-18-23-19-17-20-24(26(23)29)30-25(28)21-22-27/h17,19-20,29H,2-16,18,21-22,27H2,1H3. The Morgan fingerprint density at radius 2 is 1.33 bits per heavy atom. The number of nitrogens with two attached hydrogens (primary N) is 1. The van der Waals surface area contributed by atoms with Crippen molar-refractivity contribution in [1.82, 2.24) is 0 Å². The van der Waals surface area contributed by atoms with Crippen LogP contribution in [0.3, 0.4) is 0 Å². The molecule has 0 saturated carbocycles. The summed E-state index contributed by atoms with van der Waals surface area (Å²) in [6, 6.07) is 5.35. The molecule has 0 bridgehead atoms. The van der Waals surface area contributed by atoms with Gasteiger partial charge in [0.05, 0.1) is 6.42 Å². The second kappa shape index (κ2) is 18.2. The van der Waals surface area contributed by atoms with Crippen LogP contribution in [0.15, 0.2) is 18.2 Å². The van der Waals surface area contributed by atoms with Crippen LogP contribution in [0.2, 0.25) is 0 Å². The molecule has 0 radical (unpaired) electrons. The SMILES string of the molecule is CCCCCCCCCCCCCCCCCc1cccc(OC(=O)CCN)c1O. The highest BCUT2D eigenvalue weighted by Gasteiger charge is 2.11. The molecule has 3 N–H and O–H groups in total. The number of benzene rings is 1. The van der Waals surface area contributed by atoms with E-state index < -0.39 is 5.97 Å². The van der Waals surface area contributed by atoms with Gasteiger partial charge in [-0.3, -0.25) is 4.79 Å². The van der Waals surface area contributed by atoms with E-state index in [1.165, 1.54) is 89.9 Å². The minimum atomic E-state index is -0.406. The Hall–Kier alpha value is -1.55. The first kappa shape index (κ1) is 26.5. The Labute approximate surface area is 184 Å². The molecule has 30 heavy (non-hydrogen) atoms. The Morgan fingerprint density at radius 3 is 1.83 bits per heavy atom. The van der Waals surface area contributed by atoms with E-state index in [0.717, 1.165) is 18.4 Å². The second-order valence-corrected chi connectivity index (χ2v) is 8.48. The molecule has 0 aliphatic rings. The fourth-order valence-electron chi connectivity index (χ4n) is 3.83. The molecular weight excluding hydrogens is 374 g/mol. The summed E-state index contributed by atoms with van der Waals surface area (Å²) in [5, 5.41) is 10.3. The van der Waals surface area contributed by atoms with E-state index in [9.17, 15) is 9.90 Å². The average molecular weight is 420 g/mol. The van der Waals surface area contributed by atoms with E-state index in [1.54, 1.807) is 6.07 Å². The van der Waals surface area contributed by atoms with Gasteiger partial charge in [0.15, 0.2) is 11.5 Å². The molecule has 0 amide bonds. The summed E-state index contributed by atoms with van der Waals surface area (Å²) >= 11 is 0. The molecule has 1 rings (SSSR count). The Kier molecular flexibility index (Phi) is 16.1. The largest absolute Gasteiger partial charge is 0.504 e. The zero-order valence-electron chi connectivity index (χ0n) is 19.3. The maximum absolute atomic E-state index is 11.6. The first-order chi connectivity index (χ1) is 14.7. The van der Waals surface area contributed by atoms with E-state index in [4.69, 9.17) is 10.5 Å². The molecule has 4 nitrogen and oxygen atoms in total. The summed E-state index contributed by atoms with van der Waals surface area (Å²) in [5.74, 6) is -0.0722. The zero-order chi connectivity index (χ0) is 21.9. The minimum absolute atomic E-state index is 0.0910. The number of carbonyl (C=O) groups is 1. The summed E-state index contributed by atoms with van der Waals surface area (Å²) in [5.41, 5.74) is 6.21. The molecule has 4 heteroatoms. The fourth-order valence-corrected chi connectivity index (χ4v) is 3.83. The van der Waals surface area contributed by atoms with Crippen LogP contribution in [-0.4, -0.2) is 17.6 Å². The number of hydrogen-bond donors (Lipinski definition) is 2. The number of ether oxygens (including phenoxy) is 1. The van der Waals surface area contributed by atoms with E-state index >= 15 is 0 Å². The molecule has 0 saturated heterocycles. The van der Waals surface area contributed by atoms with Gasteiger partial charge in [0.2, 0.25) is 0 Å². The van der Waals surface area contributed by atoms with Crippen molar-refractivity contribution in [2.75, 3.05) is 6.54 Å². The third-order valence-corrected chi connectivity index (χ3v) is 5.70. The normalized spacial score (nSPS) is 11.0. The number of phenols is 1. The third-order valence-electron chi connectivity index (χ3n) is 5.70. The van der Waals surface area contributed by atoms with Crippen molar-refractivity contribution in [2.24, 2.45) is 5.73 Å². The first-order valence-electron chi connectivity index (χ1n) is 12.4. The quantitative estimate of drug-likeness (QED) is 0.143. The molecule has 1 aromatic rings. The van der Waals surface area contributed by atoms with Gasteiger partial charge in [0.25, 0.3) is 0 Å². The Balaban J connectivity index is 2.01. The fraction of sp³-hybridized carbons (Fsp3) is 0.731. The number of para-hydroxylation sites is 1. The molecule has 1 aromatic carbocycles. The van der Waals surface area contributed by atoms with E-state index in [1.807, 2.05) is 12.1 Å². The molecule has 0 aliphatic carbocycles. The van der Waals surface area contributed by atoms with Crippen molar-refractivity contribution < 1.29 is 14.6 Å². The number of phenolic OH excluding ortho intramolecular Hbond substituents is 1. The number of esters is 1. The third kappa shape index (κ3) is 12.9. The van der Waals surface area contributed by atoms with Gasteiger partial charge >= 0.3 is 5.97 Å². The molecule has 0 heterocycles. The highest BCUT2D eigenvalue weighted by Crippen LogP contribution is 2.31. The van der Waals surface area contributed by atoms with Crippen molar-refractivity contribution >= 4 is 5.97 Å². The summed E-state index contributed by atoms with van der Waals surface area (Å²) in [7, 11) is 0. The van der Waals surface area contributed by atoms with Crippen molar-refractivity contribution in [3.63, 3.8) is 0 Å². The number of aromatic hydroxyl groups is 1. The van der Waals surface area contributed by atoms with Crippen LogP contribution in [0.4, 0.5) is 0 Å². The van der Waals surface area contributed by atoms with Crippen LogP contribution >= 0.6 is 0 Å². The predicted molar refractivity (Wildman–Crippen MR) is 126 cm³/mol. The zero-order valence-corrected chi connectivity index (χ0v) is 19.3. The lowest BCUT2D eigenvalue weighted by atomic mass is 10.0. The van der Waals surface area contributed by atoms with Gasteiger partial charge in [-0.05, 0) is 24.5 Å². The molecule has 0 unspecified atom stereocenters. The Bertz CT molecular complexity index is 559. The summed E-state index contributed by atoms with van der Waals surface area (Å²) in [6.45, 7) is 2.52. The predicted octanol–water partition coefficient (Wildman–Crippen LogP) is 7.06. The van der Waals surface area contributed by atoms with Crippen LogP contribution < -0.4 is 10.5 Å².